The molecule has 124 valence electrons. The second kappa shape index (κ2) is 6.54. The van der Waals surface area contributed by atoms with Crippen molar-refractivity contribution in [2.75, 3.05) is 4.90 Å². The van der Waals surface area contributed by atoms with Crippen molar-refractivity contribution in [3.8, 4) is 11.8 Å². The molecule has 0 fully saturated rings. The number of rotatable bonds is 4. The van der Waals surface area contributed by atoms with Crippen molar-refractivity contribution >= 4 is 28.8 Å². The lowest BCUT2D eigenvalue weighted by Crippen LogP contribution is -2.16. The molecule has 5 heteroatoms. The Hall–Kier alpha value is -3.91. The molecule has 1 amide bonds. The molecule has 26 heavy (non-hydrogen) atoms. The van der Waals surface area contributed by atoms with Crippen LogP contribution in [0, 0.1) is 11.3 Å². The minimum absolute atomic E-state index is 0.550. The quantitative estimate of drug-likeness (QED) is 0.524. The standard InChI is InChI=1S/C21H14N4O/c22-13-16-9-11-17(12-10-16)25(15-26)21-8-4-3-7-20(21)24-14-23-18-5-1-2-6-19(18)24/h1-12,14-15H. The monoisotopic (exact) mass is 338 g/mol. The number of carbonyl (C=O) groups is 1. The molecule has 5 nitrogen and oxygen atoms in total. The van der Waals surface area contributed by atoms with E-state index in [1.165, 1.54) is 0 Å². The van der Waals surface area contributed by atoms with Crippen LogP contribution in [0.3, 0.4) is 0 Å². The zero-order valence-corrected chi connectivity index (χ0v) is 13.8. The average molecular weight is 338 g/mol. The number of benzene rings is 3. The third kappa shape index (κ3) is 2.60. The summed E-state index contributed by atoms with van der Waals surface area (Å²) in [6.45, 7) is 0. The van der Waals surface area contributed by atoms with Crippen molar-refractivity contribution < 1.29 is 4.79 Å². The fourth-order valence-electron chi connectivity index (χ4n) is 2.98. The van der Waals surface area contributed by atoms with Crippen molar-refractivity contribution in [1.29, 1.82) is 5.26 Å². The second-order valence-corrected chi connectivity index (χ2v) is 5.73. The van der Waals surface area contributed by atoms with Gasteiger partial charge in [0, 0.05) is 5.69 Å². The predicted molar refractivity (Wildman–Crippen MR) is 100 cm³/mol. The Labute approximate surface area is 150 Å². The van der Waals surface area contributed by atoms with E-state index in [-0.39, 0.29) is 0 Å². The highest BCUT2D eigenvalue weighted by Crippen LogP contribution is 2.31. The van der Waals surface area contributed by atoms with Crippen LogP contribution < -0.4 is 4.90 Å². The van der Waals surface area contributed by atoms with Gasteiger partial charge in [0.25, 0.3) is 0 Å². The van der Waals surface area contributed by atoms with Gasteiger partial charge in [-0.25, -0.2) is 4.98 Å². The van der Waals surface area contributed by atoms with E-state index < -0.39 is 0 Å². The van der Waals surface area contributed by atoms with Gasteiger partial charge in [-0.2, -0.15) is 5.26 Å². The molecule has 0 aliphatic carbocycles. The number of nitriles is 1. The molecular weight excluding hydrogens is 324 g/mol. The van der Waals surface area contributed by atoms with Crippen LogP contribution in [0.15, 0.2) is 79.1 Å². The van der Waals surface area contributed by atoms with E-state index in [2.05, 4.69) is 11.1 Å². The van der Waals surface area contributed by atoms with Crippen LogP contribution in [0.25, 0.3) is 16.7 Å². The van der Waals surface area contributed by atoms with Crippen LogP contribution in [-0.2, 0) is 4.79 Å². The molecule has 0 saturated carbocycles. The van der Waals surface area contributed by atoms with Gasteiger partial charge in [0.1, 0.15) is 6.33 Å². The number of anilines is 2. The Kier molecular flexibility index (Phi) is 3.92. The highest BCUT2D eigenvalue weighted by molar-refractivity contribution is 5.91. The van der Waals surface area contributed by atoms with Gasteiger partial charge in [-0.3, -0.25) is 14.3 Å². The summed E-state index contributed by atoms with van der Waals surface area (Å²) in [6, 6.07) is 24.5. The summed E-state index contributed by atoms with van der Waals surface area (Å²) in [5, 5.41) is 8.97. The molecule has 0 N–H and O–H groups in total. The lowest BCUT2D eigenvalue weighted by molar-refractivity contribution is -0.106. The fraction of sp³-hybridized carbons (Fsp3) is 0. The second-order valence-electron chi connectivity index (χ2n) is 5.73. The van der Waals surface area contributed by atoms with Gasteiger partial charge in [0.15, 0.2) is 0 Å². The van der Waals surface area contributed by atoms with E-state index in [0.29, 0.717) is 11.3 Å². The highest BCUT2D eigenvalue weighted by Gasteiger charge is 2.15. The number of hydrogen-bond acceptors (Lipinski definition) is 3. The van der Waals surface area contributed by atoms with Crippen molar-refractivity contribution in [1.82, 2.24) is 9.55 Å². The SMILES string of the molecule is N#Cc1ccc(N(C=O)c2ccccc2-n2cnc3ccccc32)cc1. The number of fused-ring (bicyclic) bond motifs is 1. The lowest BCUT2D eigenvalue weighted by atomic mass is 10.2. The minimum atomic E-state index is 0.550. The topological polar surface area (TPSA) is 61.9 Å². The summed E-state index contributed by atoms with van der Waals surface area (Å²) in [7, 11) is 0. The van der Waals surface area contributed by atoms with E-state index in [1.807, 2.05) is 53.1 Å². The first-order chi connectivity index (χ1) is 12.8. The summed E-state index contributed by atoms with van der Waals surface area (Å²) < 4.78 is 1.96. The van der Waals surface area contributed by atoms with Gasteiger partial charge in [-0.1, -0.05) is 24.3 Å². The molecular formula is C21H14N4O. The van der Waals surface area contributed by atoms with Gasteiger partial charge in [0.2, 0.25) is 6.41 Å². The zero-order valence-electron chi connectivity index (χ0n) is 13.8. The van der Waals surface area contributed by atoms with Crippen molar-refractivity contribution in [2.45, 2.75) is 0 Å². The first-order valence-corrected chi connectivity index (χ1v) is 8.08. The van der Waals surface area contributed by atoms with Crippen LogP contribution in [-0.4, -0.2) is 16.0 Å². The fourth-order valence-corrected chi connectivity index (χ4v) is 2.98. The van der Waals surface area contributed by atoms with Gasteiger partial charge >= 0.3 is 0 Å². The first-order valence-electron chi connectivity index (χ1n) is 8.08. The summed E-state index contributed by atoms with van der Waals surface area (Å²) in [5.41, 5.74) is 4.67. The van der Waals surface area contributed by atoms with Crippen molar-refractivity contribution in [3.63, 3.8) is 0 Å². The largest absolute Gasteiger partial charge is 0.297 e. The number of imidazole rings is 1. The molecule has 1 aromatic heterocycles. The molecule has 1 heterocycles. The predicted octanol–water partition coefficient (Wildman–Crippen LogP) is 4.19. The number of aromatic nitrogens is 2. The number of para-hydroxylation sites is 4. The third-order valence-corrected chi connectivity index (χ3v) is 4.23. The minimum Gasteiger partial charge on any atom is -0.297 e. The van der Waals surface area contributed by atoms with E-state index in [9.17, 15) is 4.79 Å². The van der Waals surface area contributed by atoms with E-state index in [1.54, 1.807) is 35.5 Å². The maximum atomic E-state index is 11.9. The maximum Gasteiger partial charge on any atom is 0.218 e. The van der Waals surface area contributed by atoms with Gasteiger partial charge < -0.3 is 0 Å². The Morgan fingerprint density at radius 1 is 0.962 bits per heavy atom. The Morgan fingerprint density at radius 2 is 1.69 bits per heavy atom. The Morgan fingerprint density at radius 3 is 2.46 bits per heavy atom. The molecule has 0 radical (unpaired) electrons. The van der Waals surface area contributed by atoms with Gasteiger partial charge in [-0.05, 0) is 48.5 Å². The summed E-state index contributed by atoms with van der Waals surface area (Å²) in [6.07, 6.45) is 2.53. The Balaban J connectivity index is 1.86. The summed E-state index contributed by atoms with van der Waals surface area (Å²) in [5.74, 6) is 0. The number of hydrogen-bond donors (Lipinski definition) is 0. The van der Waals surface area contributed by atoms with Gasteiger partial charge in [0.05, 0.1) is 34.0 Å². The maximum absolute atomic E-state index is 11.9. The number of amides is 1. The molecule has 3 aromatic carbocycles. The molecule has 0 atom stereocenters. The first kappa shape index (κ1) is 15.6. The number of carbonyl (C=O) groups excluding carboxylic acids is 1. The molecule has 4 rings (SSSR count). The smallest absolute Gasteiger partial charge is 0.218 e. The lowest BCUT2D eigenvalue weighted by Gasteiger charge is -2.21. The number of nitrogens with zero attached hydrogens (tertiary/aromatic N) is 4. The molecule has 4 aromatic rings. The molecule has 0 bridgehead atoms. The van der Waals surface area contributed by atoms with Crippen LogP contribution in [0.5, 0.6) is 0 Å². The van der Waals surface area contributed by atoms with Gasteiger partial charge in [-0.15, -0.1) is 0 Å². The van der Waals surface area contributed by atoms with E-state index >= 15 is 0 Å². The van der Waals surface area contributed by atoms with E-state index in [4.69, 9.17) is 5.26 Å². The van der Waals surface area contributed by atoms with Crippen LogP contribution >= 0.6 is 0 Å². The third-order valence-electron chi connectivity index (χ3n) is 4.23. The van der Waals surface area contributed by atoms with Crippen molar-refractivity contribution in [3.05, 3.63) is 84.7 Å². The molecule has 0 aliphatic rings. The Bertz CT molecular complexity index is 1120. The summed E-state index contributed by atoms with van der Waals surface area (Å²) in [4.78, 5) is 17.9. The molecule has 0 unspecified atom stereocenters. The normalized spacial score (nSPS) is 10.4. The van der Waals surface area contributed by atoms with Crippen LogP contribution in [0.2, 0.25) is 0 Å². The van der Waals surface area contributed by atoms with E-state index in [0.717, 1.165) is 28.8 Å². The molecule has 0 spiro atoms. The highest BCUT2D eigenvalue weighted by atomic mass is 16.1. The van der Waals surface area contributed by atoms with Crippen LogP contribution in [0.1, 0.15) is 5.56 Å². The molecule has 0 saturated heterocycles. The average Bonchev–Trinajstić information content (AvgIpc) is 3.13. The van der Waals surface area contributed by atoms with Crippen molar-refractivity contribution in [2.24, 2.45) is 0 Å². The summed E-state index contributed by atoms with van der Waals surface area (Å²) >= 11 is 0. The molecule has 0 aliphatic heterocycles. The van der Waals surface area contributed by atoms with Crippen LogP contribution in [0.4, 0.5) is 11.4 Å². The zero-order chi connectivity index (χ0) is 17.9.